The summed E-state index contributed by atoms with van der Waals surface area (Å²) in [6, 6.07) is 13.6. The molecule has 1 N–H and O–H groups in total. The quantitative estimate of drug-likeness (QED) is 0.477. The van der Waals surface area contributed by atoms with Crippen molar-refractivity contribution in [2.24, 2.45) is 0 Å². The van der Waals surface area contributed by atoms with Crippen LogP contribution in [-0.2, 0) is 6.54 Å². The maximum absolute atomic E-state index is 13.0. The lowest BCUT2D eigenvalue weighted by atomic mass is 10.2. The number of anilines is 1. The predicted molar refractivity (Wildman–Crippen MR) is 104 cm³/mol. The van der Waals surface area contributed by atoms with Crippen LogP contribution in [0.4, 0.5) is 10.2 Å². The van der Waals surface area contributed by atoms with E-state index in [1.165, 1.54) is 18.5 Å². The van der Waals surface area contributed by atoms with Crippen LogP contribution < -0.4 is 5.32 Å². The molecule has 0 fully saturated rings. The zero-order chi connectivity index (χ0) is 18.8. The van der Waals surface area contributed by atoms with E-state index in [-0.39, 0.29) is 5.82 Å². The second kappa shape index (κ2) is 7.50. The first kappa shape index (κ1) is 17.7. The Labute approximate surface area is 164 Å². The van der Waals surface area contributed by atoms with Gasteiger partial charge in [-0.15, -0.1) is 0 Å². The van der Waals surface area contributed by atoms with E-state index in [0.717, 1.165) is 16.5 Å². The number of fused-ring (bicyclic) bond motifs is 1. The van der Waals surface area contributed by atoms with E-state index < -0.39 is 5.50 Å². The molecule has 0 bridgehead atoms. The van der Waals surface area contributed by atoms with E-state index in [2.05, 4.69) is 20.4 Å². The van der Waals surface area contributed by atoms with Crippen LogP contribution in [-0.4, -0.2) is 19.7 Å². The van der Waals surface area contributed by atoms with Crippen molar-refractivity contribution < 1.29 is 4.39 Å². The third-order valence-corrected chi connectivity index (χ3v) is 4.81. The third-order valence-electron chi connectivity index (χ3n) is 4.12. The summed E-state index contributed by atoms with van der Waals surface area (Å²) in [4.78, 5) is 8.61. The minimum absolute atomic E-state index is 0.264. The number of nitrogens with one attached hydrogen (secondary N) is 1. The Hall–Kier alpha value is -2.70. The van der Waals surface area contributed by atoms with E-state index in [1.54, 1.807) is 35.1 Å². The van der Waals surface area contributed by atoms with Crippen molar-refractivity contribution in [2.75, 3.05) is 5.32 Å². The highest BCUT2D eigenvalue weighted by Gasteiger charge is 2.17. The number of nitrogens with zero attached hydrogens (tertiary/aromatic N) is 4. The van der Waals surface area contributed by atoms with Gasteiger partial charge in [0.15, 0.2) is 11.1 Å². The largest absolute Gasteiger partial charge is 0.365 e. The molecule has 0 radical (unpaired) electrons. The zero-order valence-electron chi connectivity index (χ0n) is 14.0. The summed E-state index contributed by atoms with van der Waals surface area (Å²) in [5.74, 6) is 0.371. The molecule has 0 aliphatic rings. The van der Waals surface area contributed by atoms with Crippen LogP contribution in [0.1, 0.15) is 16.6 Å². The Morgan fingerprint density at radius 2 is 1.78 bits per heavy atom. The fourth-order valence-corrected chi connectivity index (χ4v) is 3.13. The maximum Gasteiger partial charge on any atom is 0.165 e. The van der Waals surface area contributed by atoms with Gasteiger partial charge in [-0.25, -0.2) is 19.0 Å². The third kappa shape index (κ3) is 3.72. The molecule has 4 rings (SSSR count). The number of alkyl halides is 1. The average molecular weight is 402 g/mol. The highest BCUT2D eigenvalue weighted by atomic mass is 35.5. The first-order chi connectivity index (χ1) is 13.1. The van der Waals surface area contributed by atoms with Gasteiger partial charge in [0.2, 0.25) is 0 Å². The van der Waals surface area contributed by atoms with E-state index >= 15 is 0 Å². The van der Waals surface area contributed by atoms with Crippen molar-refractivity contribution in [1.82, 2.24) is 19.7 Å². The Kier molecular flexibility index (Phi) is 4.92. The smallest absolute Gasteiger partial charge is 0.165 e. The van der Waals surface area contributed by atoms with Crippen molar-refractivity contribution in [2.45, 2.75) is 12.0 Å². The monoisotopic (exact) mass is 401 g/mol. The summed E-state index contributed by atoms with van der Waals surface area (Å²) in [6.45, 7) is 0.499. The Morgan fingerprint density at radius 1 is 1.04 bits per heavy atom. The van der Waals surface area contributed by atoms with Gasteiger partial charge in [0.1, 0.15) is 18.0 Å². The average Bonchev–Trinajstić information content (AvgIpc) is 3.12. The van der Waals surface area contributed by atoms with Gasteiger partial charge >= 0.3 is 0 Å². The van der Waals surface area contributed by atoms with Crippen molar-refractivity contribution in [3.63, 3.8) is 0 Å². The number of benzene rings is 2. The van der Waals surface area contributed by atoms with Gasteiger partial charge in [-0.3, -0.25) is 0 Å². The Balaban J connectivity index is 1.61. The first-order valence-electron chi connectivity index (χ1n) is 8.18. The molecule has 8 heteroatoms. The molecule has 2 aromatic carbocycles. The fraction of sp³-hybridized carbons (Fsp3) is 0.105. The summed E-state index contributed by atoms with van der Waals surface area (Å²) in [7, 11) is 0. The lowest BCUT2D eigenvalue weighted by molar-refractivity contribution is 0.627. The van der Waals surface area contributed by atoms with Gasteiger partial charge in [0.05, 0.1) is 11.6 Å². The maximum atomic E-state index is 13.0. The van der Waals surface area contributed by atoms with E-state index in [0.29, 0.717) is 23.0 Å². The van der Waals surface area contributed by atoms with Gasteiger partial charge in [-0.1, -0.05) is 47.5 Å². The van der Waals surface area contributed by atoms with Gasteiger partial charge < -0.3 is 5.32 Å². The van der Waals surface area contributed by atoms with Crippen LogP contribution >= 0.6 is 23.2 Å². The molecule has 2 aromatic heterocycles. The lowest BCUT2D eigenvalue weighted by Crippen LogP contribution is -2.07. The van der Waals surface area contributed by atoms with Crippen LogP contribution in [0.3, 0.4) is 0 Å². The van der Waals surface area contributed by atoms with Crippen molar-refractivity contribution in [3.05, 3.63) is 83.0 Å². The highest BCUT2D eigenvalue weighted by Crippen LogP contribution is 2.28. The minimum Gasteiger partial charge on any atom is -0.365 e. The molecular weight excluding hydrogens is 388 g/mol. The number of rotatable bonds is 5. The fourth-order valence-electron chi connectivity index (χ4n) is 2.72. The SMILES string of the molecule is Fc1ccc(CNc2ncnc3c2cnn3C(Cl)c2ccc(Cl)cc2)cc1. The molecular formula is C19H14Cl2FN5. The molecule has 27 heavy (non-hydrogen) atoms. The highest BCUT2D eigenvalue weighted by molar-refractivity contribution is 6.30. The lowest BCUT2D eigenvalue weighted by Gasteiger charge is -2.12. The first-order valence-corrected chi connectivity index (χ1v) is 8.99. The molecule has 0 aliphatic heterocycles. The second-order valence-electron chi connectivity index (χ2n) is 5.92. The molecule has 1 atom stereocenters. The van der Waals surface area contributed by atoms with Crippen molar-refractivity contribution >= 4 is 40.1 Å². The number of hydrogen-bond acceptors (Lipinski definition) is 4. The van der Waals surface area contributed by atoms with Gasteiger partial charge in [-0.2, -0.15) is 5.10 Å². The predicted octanol–water partition coefficient (Wildman–Crippen LogP) is 5.02. The van der Waals surface area contributed by atoms with Crippen LogP contribution in [0.25, 0.3) is 11.0 Å². The summed E-state index contributed by atoms with van der Waals surface area (Å²) in [5, 5.41) is 9.01. The molecule has 0 spiro atoms. The van der Waals surface area contributed by atoms with Crippen LogP contribution in [0.2, 0.25) is 5.02 Å². The minimum atomic E-state index is -0.528. The second-order valence-corrected chi connectivity index (χ2v) is 6.77. The van der Waals surface area contributed by atoms with Gasteiger partial charge in [0.25, 0.3) is 0 Å². The van der Waals surface area contributed by atoms with Crippen LogP contribution in [0, 0.1) is 5.82 Å². The molecule has 0 saturated heterocycles. The molecule has 136 valence electrons. The van der Waals surface area contributed by atoms with Gasteiger partial charge in [0, 0.05) is 11.6 Å². The summed E-state index contributed by atoms with van der Waals surface area (Å²) >= 11 is 12.5. The summed E-state index contributed by atoms with van der Waals surface area (Å²) in [5.41, 5.74) is 1.87. The molecule has 1 unspecified atom stereocenters. The van der Waals surface area contributed by atoms with Crippen LogP contribution in [0.15, 0.2) is 61.1 Å². The van der Waals surface area contributed by atoms with E-state index in [9.17, 15) is 4.39 Å². The number of hydrogen-bond donors (Lipinski definition) is 1. The van der Waals surface area contributed by atoms with Crippen molar-refractivity contribution in [3.8, 4) is 0 Å². The van der Waals surface area contributed by atoms with Crippen LogP contribution in [0.5, 0.6) is 0 Å². The van der Waals surface area contributed by atoms with E-state index in [1.807, 2.05) is 12.1 Å². The molecule has 5 nitrogen and oxygen atoms in total. The van der Waals surface area contributed by atoms with Crippen molar-refractivity contribution in [1.29, 1.82) is 0 Å². The van der Waals surface area contributed by atoms with Gasteiger partial charge in [-0.05, 0) is 35.4 Å². The Morgan fingerprint density at radius 3 is 2.52 bits per heavy atom. The summed E-state index contributed by atoms with van der Waals surface area (Å²) < 4.78 is 14.7. The molecule has 4 aromatic rings. The zero-order valence-corrected chi connectivity index (χ0v) is 15.5. The normalized spacial score (nSPS) is 12.3. The molecule has 0 aliphatic carbocycles. The van der Waals surface area contributed by atoms with E-state index in [4.69, 9.17) is 23.2 Å². The molecule has 2 heterocycles. The standard InChI is InChI=1S/C19H14Cl2FN5/c20-14-5-3-13(4-6-14)17(21)27-19-16(10-26-27)18(24-11-25-19)23-9-12-1-7-15(22)8-2-12/h1-8,10-11,17H,9H2,(H,23,24,25). The Bertz CT molecular complexity index is 1060. The number of halogens is 3. The number of aromatic nitrogens is 4. The molecule has 0 amide bonds. The summed E-state index contributed by atoms with van der Waals surface area (Å²) in [6.07, 6.45) is 3.13. The topological polar surface area (TPSA) is 55.6 Å². The molecule has 0 saturated carbocycles.